The van der Waals surface area contributed by atoms with Gasteiger partial charge in [-0.2, -0.15) is 0 Å². The maximum Gasteiger partial charge on any atom is 0.248 e. The molecule has 0 bridgehead atoms. The molecule has 0 N–H and O–H groups in total. The van der Waals surface area contributed by atoms with E-state index in [1.165, 1.54) is 49.7 Å². The molecule has 2 heteroatoms. The van der Waals surface area contributed by atoms with Gasteiger partial charge in [0, 0.05) is 12.8 Å². The summed E-state index contributed by atoms with van der Waals surface area (Å²) in [6.45, 7) is 2.25. The van der Waals surface area contributed by atoms with Crippen LogP contribution in [0.25, 0.3) is 6.08 Å². The molecule has 0 spiro atoms. The molecule has 1 fully saturated rings. The van der Waals surface area contributed by atoms with E-state index in [2.05, 4.69) is 43.3 Å². The van der Waals surface area contributed by atoms with Gasteiger partial charge in [0.05, 0.1) is 0 Å². The maximum absolute atomic E-state index is 13.2. The summed E-state index contributed by atoms with van der Waals surface area (Å²) in [6.07, 6.45) is 14.9. The first-order valence-electron chi connectivity index (χ1n) is 9.75. The van der Waals surface area contributed by atoms with E-state index in [1.807, 2.05) is 0 Å². The summed E-state index contributed by atoms with van der Waals surface area (Å²) in [5, 5.41) is 0. The van der Waals surface area contributed by atoms with E-state index in [4.69, 9.17) is 0 Å². The quantitative estimate of drug-likeness (QED) is 0.405. The number of allylic oxidation sites excluding steroid dienone is 1. The molecule has 134 valence electrons. The highest BCUT2D eigenvalue weighted by Gasteiger charge is 2.35. The van der Waals surface area contributed by atoms with Crippen molar-refractivity contribution in [1.29, 1.82) is 0 Å². The fourth-order valence-corrected chi connectivity index (χ4v) is 3.51. The molecule has 0 radical (unpaired) electrons. The summed E-state index contributed by atoms with van der Waals surface area (Å²) in [6, 6.07) is 8.50. The summed E-state index contributed by atoms with van der Waals surface area (Å²) in [5.74, 6) is -2.12. The first-order valence-corrected chi connectivity index (χ1v) is 9.75. The Morgan fingerprint density at radius 1 is 0.958 bits per heavy atom. The molecule has 1 aromatic carbocycles. The molecule has 0 heterocycles. The van der Waals surface area contributed by atoms with Gasteiger partial charge in [0.25, 0.3) is 0 Å². The van der Waals surface area contributed by atoms with Crippen LogP contribution in [0.4, 0.5) is 8.78 Å². The van der Waals surface area contributed by atoms with Crippen molar-refractivity contribution in [3.63, 3.8) is 0 Å². The van der Waals surface area contributed by atoms with Gasteiger partial charge >= 0.3 is 0 Å². The van der Waals surface area contributed by atoms with Crippen LogP contribution in [0.2, 0.25) is 0 Å². The summed E-state index contributed by atoms with van der Waals surface area (Å²) >= 11 is 0. The van der Waals surface area contributed by atoms with Crippen LogP contribution in [-0.2, 0) is 0 Å². The number of hydrogen-bond acceptors (Lipinski definition) is 0. The third-order valence-electron chi connectivity index (χ3n) is 5.16. The van der Waals surface area contributed by atoms with Crippen molar-refractivity contribution in [2.45, 2.75) is 89.4 Å². The lowest BCUT2D eigenvalue weighted by Gasteiger charge is -2.28. The van der Waals surface area contributed by atoms with Crippen LogP contribution in [0, 0.1) is 0 Å². The van der Waals surface area contributed by atoms with E-state index in [1.54, 1.807) is 0 Å². The summed E-state index contributed by atoms with van der Waals surface area (Å²) in [5.41, 5.74) is 2.43. The van der Waals surface area contributed by atoms with Crippen molar-refractivity contribution in [1.82, 2.24) is 0 Å². The van der Waals surface area contributed by atoms with Crippen LogP contribution in [0.3, 0.4) is 0 Å². The van der Waals surface area contributed by atoms with E-state index in [9.17, 15) is 8.78 Å². The van der Waals surface area contributed by atoms with Crippen LogP contribution in [0.1, 0.15) is 94.6 Å². The standard InChI is InChI=1S/C22H32F2/c1-2-3-4-5-6-7-8-9-10-19-11-13-20(14-12-19)21-15-17-22(23,24)18-16-21/h9-14,21H,2-8,15-18H2,1H3/b10-9+. The lowest BCUT2D eigenvalue weighted by Crippen LogP contribution is -2.23. The van der Waals surface area contributed by atoms with Crippen LogP contribution in [0.15, 0.2) is 30.3 Å². The molecular formula is C22H32F2. The van der Waals surface area contributed by atoms with Crippen LogP contribution < -0.4 is 0 Å². The lowest BCUT2D eigenvalue weighted by atomic mass is 9.82. The molecule has 1 saturated carbocycles. The predicted octanol–water partition coefficient (Wildman–Crippen LogP) is 7.74. The van der Waals surface area contributed by atoms with Crippen molar-refractivity contribution < 1.29 is 8.78 Å². The predicted molar refractivity (Wildman–Crippen MR) is 99.6 cm³/mol. The molecule has 0 amide bonds. The fourth-order valence-electron chi connectivity index (χ4n) is 3.51. The van der Waals surface area contributed by atoms with Crippen molar-refractivity contribution in [3.05, 3.63) is 41.5 Å². The van der Waals surface area contributed by atoms with Crippen LogP contribution in [-0.4, -0.2) is 5.92 Å². The Bertz CT molecular complexity index is 477. The van der Waals surface area contributed by atoms with Crippen molar-refractivity contribution >= 4 is 6.08 Å². The fraction of sp³-hybridized carbons (Fsp3) is 0.636. The minimum absolute atomic E-state index is 0.0393. The Morgan fingerprint density at radius 2 is 1.58 bits per heavy atom. The van der Waals surface area contributed by atoms with Crippen molar-refractivity contribution in [3.8, 4) is 0 Å². The summed E-state index contributed by atoms with van der Waals surface area (Å²) in [7, 11) is 0. The highest BCUT2D eigenvalue weighted by molar-refractivity contribution is 5.49. The van der Waals surface area contributed by atoms with Gasteiger partial charge in [0.2, 0.25) is 5.92 Å². The second-order valence-corrected chi connectivity index (χ2v) is 7.26. The van der Waals surface area contributed by atoms with Crippen LogP contribution >= 0.6 is 0 Å². The number of alkyl halides is 2. The van der Waals surface area contributed by atoms with Gasteiger partial charge in [-0.15, -0.1) is 0 Å². The van der Waals surface area contributed by atoms with Crippen molar-refractivity contribution in [2.24, 2.45) is 0 Å². The third-order valence-corrected chi connectivity index (χ3v) is 5.16. The zero-order valence-corrected chi connectivity index (χ0v) is 15.1. The Labute approximate surface area is 146 Å². The van der Waals surface area contributed by atoms with Gasteiger partial charge in [-0.05, 0) is 42.7 Å². The lowest BCUT2D eigenvalue weighted by molar-refractivity contribution is -0.0382. The zero-order chi connectivity index (χ0) is 17.3. The average Bonchev–Trinajstić information content (AvgIpc) is 2.58. The maximum atomic E-state index is 13.2. The third kappa shape index (κ3) is 6.75. The smallest absolute Gasteiger partial charge is 0.207 e. The number of hydrogen-bond donors (Lipinski definition) is 0. The first-order chi connectivity index (χ1) is 11.6. The topological polar surface area (TPSA) is 0 Å². The molecule has 0 atom stereocenters. The Kier molecular flexibility index (Phi) is 7.94. The van der Waals surface area contributed by atoms with Gasteiger partial charge in [-0.25, -0.2) is 8.78 Å². The van der Waals surface area contributed by atoms with E-state index < -0.39 is 5.92 Å². The Morgan fingerprint density at radius 3 is 2.25 bits per heavy atom. The minimum atomic E-state index is -2.43. The monoisotopic (exact) mass is 334 g/mol. The second-order valence-electron chi connectivity index (χ2n) is 7.26. The molecule has 0 saturated heterocycles. The highest BCUT2D eigenvalue weighted by atomic mass is 19.3. The molecular weight excluding hydrogens is 302 g/mol. The van der Waals surface area contributed by atoms with Crippen molar-refractivity contribution in [2.75, 3.05) is 0 Å². The Balaban J connectivity index is 1.69. The number of unbranched alkanes of at least 4 members (excludes halogenated alkanes) is 6. The second kappa shape index (κ2) is 9.96. The zero-order valence-electron chi connectivity index (χ0n) is 15.1. The molecule has 0 aromatic heterocycles. The van der Waals surface area contributed by atoms with Gasteiger partial charge in [-0.3, -0.25) is 0 Å². The largest absolute Gasteiger partial charge is 0.248 e. The van der Waals surface area contributed by atoms with Gasteiger partial charge in [-0.1, -0.05) is 75.4 Å². The molecule has 1 aliphatic rings. The molecule has 1 aliphatic carbocycles. The summed E-state index contributed by atoms with van der Waals surface area (Å²) in [4.78, 5) is 0. The SMILES string of the molecule is CCCCCCCC/C=C/c1ccc(C2CCC(F)(F)CC2)cc1. The number of halogens is 2. The number of rotatable bonds is 9. The van der Waals surface area contributed by atoms with Gasteiger partial charge < -0.3 is 0 Å². The van der Waals surface area contributed by atoms with E-state index in [-0.39, 0.29) is 12.8 Å². The molecule has 0 nitrogen and oxygen atoms in total. The van der Waals surface area contributed by atoms with E-state index in [0.29, 0.717) is 18.8 Å². The molecule has 24 heavy (non-hydrogen) atoms. The normalized spacial score (nSPS) is 18.3. The average molecular weight is 334 g/mol. The minimum Gasteiger partial charge on any atom is -0.207 e. The van der Waals surface area contributed by atoms with Gasteiger partial charge in [0.15, 0.2) is 0 Å². The summed E-state index contributed by atoms with van der Waals surface area (Å²) < 4.78 is 26.5. The van der Waals surface area contributed by atoms with Gasteiger partial charge in [0.1, 0.15) is 0 Å². The molecule has 2 rings (SSSR count). The molecule has 0 aliphatic heterocycles. The van der Waals surface area contributed by atoms with E-state index in [0.717, 1.165) is 6.42 Å². The van der Waals surface area contributed by atoms with E-state index >= 15 is 0 Å². The van der Waals surface area contributed by atoms with Crippen LogP contribution in [0.5, 0.6) is 0 Å². The highest BCUT2D eigenvalue weighted by Crippen LogP contribution is 2.40. The Hall–Kier alpha value is -1.18. The first kappa shape index (κ1) is 19.1. The molecule has 1 aromatic rings. The molecule has 0 unspecified atom stereocenters. The number of benzene rings is 1.